The molecule has 3 unspecified atom stereocenters. The molecule has 0 aliphatic carbocycles. The number of aliphatic carboxylic acids is 1. The van der Waals surface area contributed by atoms with Gasteiger partial charge in [0.1, 0.15) is 11.6 Å². The first kappa shape index (κ1) is 45.0. The fraction of sp³-hybridized carbons (Fsp3) is 0.447. The Balaban J connectivity index is 1.79. The number of rotatable bonds is 16. The van der Waals surface area contributed by atoms with E-state index in [0.29, 0.717) is 22.4 Å². The quantitative estimate of drug-likeness (QED) is 0.163. The monoisotopic (exact) mass is 834 g/mol. The molecular weight excluding hydrogens is 787 g/mol. The maximum atomic E-state index is 14.2. The number of aliphatic hydroxyl groups excluding tert-OH is 3. The Labute approximate surface area is 331 Å². The summed E-state index contributed by atoms with van der Waals surface area (Å²) in [6, 6.07) is 9.44. The highest BCUT2D eigenvalue weighted by atomic mass is 32.2. The molecule has 4 N–H and O–H groups in total. The zero-order valence-corrected chi connectivity index (χ0v) is 34.2. The van der Waals surface area contributed by atoms with Gasteiger partial charge in [-0.1, -0.05) is 52.0 Å². The van der Waals surface area contributed by atoms with Gasteiger partial charge in [-0.2, -0.15) is 0 Å². The van der Waals surface area contributed by atoms with Crippen LogP contribution >= 0.6 is 0 Å². The van der Waals surface area contributed by atoms with Gasteiger partial charge in [-0.3, -0.25) is 4.79 Å². The highest BCUT2D eigenvalue weighted by molar-refractivity contribution is 7.92. The molecule has 57 heavy (non-hydrogen) atoms. The SMILES string of the molecule is CC(C)c1nc(N(C)S(=O)(=O)CC(O)C2C(c3ccc(F)cc3)=NC(N(C)S(C)(=O)=O)=NC2C(C)C)nc(-c2ccc(F)cc2)c1/C=C/[C@@H](O)C[C@@H](O)CC(=O)O. The molecule has 0 bridgehead atoms. The topological polar surface area (TPSA) is 223 Å². The van der Waals surface area contributed by atoms with E-state index in [2.05, 4.69) is 20.0 Å². The predicted octanol–water partition coefficient (Wildman–Crippen LogP) is 3.66. The molecule has 0 saturated carbocycles. The molecule has 15 nitrogen and oxygen atoms in total. The molecule has 2 aromatic carbocycles. The van der Waals surface area contributed by atoms with Crippen LogP contribution in [0, 0.1) is 23.5 Å². The van der Waals surface area contributed by atoms with Gasteiger partial charge in [0, 0.05) is 31.6 Å². The summed E-state index contributed by atoms with van der Waals surface area (Å²) in [4.78, 5) is 29.2. The highest BCUT2D eigenvalue weighted by Crippen LogP contribution is 2.34. The average molecular weight is 835 g/mol. The van der Waals surface area contributed by atoms with Crippen LogP contribution in [0.2, 0.25) is 0 Å². The van der Waals surface area contributed by atoms with Crippen LogP contribution in [0.1, 0.15) is 63.3 Å². The number of carbonyl (C=O) groups is 1. The Hall–Kier alpha value is -4.69. The van der Waals surface area contributed by atoms with E-state index in [1.165, 1.54) is 62.6 Å². The van der Waals surface area contributed by atoms with Crippen LogP contribution in [0.4, 0.5) is 14.7 Å². The molecule has 19 heteroatoms. The van der Waals surface area contributed by atoms with Crippen molar-refractivity contribution in [3.63, 3.8) is 0 Å². The minimum absolute atomic E-state index is 0.102. The van der Waals surface area contributed by atoms with E-state index in [9.17, 15) is 45.7 Å². The van der Waals surface area contributed by atoms with Gasteiger partial charge in [-0.25, -0.2) is 54.2 Å². The molecule has 0 saturated heterocycles. The molecule has 1 aromatic heterocycles. The lowest BCUT2D eigenvalue weighted by molar-refractivity contribution is -0.139. The first-order chi connectivity index (χ1) is 26.5. The van der Waals surface area contributed by atoms with E-state index in [-0.39, 0.29) is 41.6 Å². The van der Waals surface area contributed by atoms with Crippen molar-refractivity contribution < 1.29 is 50.8 Å². The summed E-state index contributed by atoms with van der Waals surface area (Å²) >= 11 is 0. The van der Waals surface area contributed by atoms with Crippen LogP contribution in [0.15, 0.2) is 64.6 Å². The van der Waals surface area contributed by atoms with Crippen LogP contribution in [-0.4, -0.2) is 120 Å². The van der Waals surface area contributed by atoms with Crippen molar-refractivity contribution >= 4 is 49.7 Å². The molecule has 4 rings (SSSR count). The first-order valence-electron chi connectivity index (χ1n) is 17.9. The van der Waals surface area contributed by atoms with Crippen molar-refractivity contribution in [3.8, 4) is 11.3 Å². The number of aliphatic hydroxyl groups is 3. The fourth-order valence-corrected chi connectivity index (χ4v) is 7.77. The molecule has 1 aliphatic rings. The van der Waals surface area contributed by atoms with Gasteiger partial charge in [0.05, 0.1) is 65.8 Å². The number of anilines is 1. The lowest BCUT2D eigenvalue weighted by Crippen LogP contribution is -2.49. The van der Waals surface area contributed by atoms with E-state index in [0.717, 1.165) is 27.0 Å². The predicted molar refractivity (Wildman–Crippen MR) is 213 cm³/mol. The molecular formula is C38H48F2N6O9S2. The number of aromatic nitrogens is 2. The fourth-order valence-electron chi connectivity index (χ4n) is 6.19. The smallest absolute Gasteiger partial charge is 0.305 e. The number of hydrogen-bond donors (Lipinski definition) is 4. The maximum Gasteiger partial charge on any atom is 0.305 e. The number of carboxylic acid groups (broad SMARTS) is 1. The van der Waals surface area contributed by atoms with Gasteiger partial charge in [-0.15, -0.1) is 0 Å². The number of guanidine groups is 1. The average Bonchev–Trinajstić information content (AvgIpc) is 3.12. The molecule has 1 aliphatic heterocycles. The third-order valence-corrected chi connectivity index (χ3v) is 12.2. The summed E-state index contributed by atoms with van der Waals surface area (Å²) < 4.78 is 83.1. The largest absolute Gasteiger partial charge is 0.481 e. The number of aliphatic imine (C=N–C) groups is 2. The maximum absolute atomic E-state index is 14.2. The molecule has 3 aromatic rings. The highest BCUT2D eigenvalue weighted by Gasteiger charge is 2.42. The van der Waals surface area contributed by atoms with Crippen LogP contribution in [-0.2, 0) is 24.8 Å². The number of hydrogen-bond acceptors (Lipinski definition) is 12. The molecule has 0 amide bonds. The zero-order chi connectivity index (χ0) is 42.6. The van der Waals surface area contributed by atoms with Gasteiger partial charge in [-0.05, 0) is 53.8 Å². The van der Waals surface area contributed by atoms with Crippen molar-refractivity contribution in [2.24, 2.45) is 21.8 Å². The van der Waals surface area contributed by atoms with Gasteiger partial charge in [0.2, 0.25) is 32.0 Å². The Morgan fingerprint density at radius 3 is 1.95 bits per heavy atom. The third kappa shape index (κ3) is 11.2. The van der Waals surface area contributed by atoms with E-state index < -0.39 is 80.1 Å². The second-order valence-corrected chi connectivity index (χ2v) is 18.5. The van der Waals surface area contributed by atoms with Gasteiger partial charge in [0.15, 0.2) is 0 Å². The lowest BCUT2D eigenvalue weighted by atomic mass is 9.80. The van der Waals surface area contributed by atoms with Crippen molar-refractivity contribution in [2.45, 2.75) is 70.8 Å². The number of benzene rings is 2. The number of carboxylic acids is 1. The summed E-state index contributed by atoms with van der Waals surface area (Å²) in [5.74, 6) is -5.59. The van der Waals surface area contributed by atoms with Crippen LogP contribution in [0.5, 0.6) is 0 Å². The summed E-state index contributed by atoms with van der Waals surface area (Å²) in [7, 11) is -5.87. The lowest BCUT2D eigenvalue weighted by Gasteiger charge is -2.36. The minimum Gasteiger partial charge on any atom is -0.481 e. The summed E-state index contributed by atoms with van der Waals surface area (Å²) in [5, 5.41) is 41.4. The Kier molecular flexibility index (Phi) is 14.4. The van der Waals surface area contributed by atoms with E-state index in [4.69, 9.17) is 5.11 Å². The second kappa shape index (κ2) is 18.3. The Morgan fingerprint density at radius 1 is 0.877 bits per heavy atom. The Morgan fingerprint density at radius 2 is 1.44 bits per heavy atom. The summed E-state index contributed by atoms with van der Waals surface area (Å²) in [5.41, 5.74) is 1.60. The number of nitrogens with zero attached hydrogens (tertiary/aromatic N) is 6. The molecule has 0 radical (unpaired) electrons. The molecule has 0 spiro atoms. The molecule has 0 fully saturated rings. The van der Waals surface area contributed by atoms with E-state index in [1.807, 2.05) is 0 Å². The third-order valence-electron chi connectivity index (χ3n) is 9.30. The van der Waals surface area contributed by atoms with Gasteiger partial charge >= 0.3 is 5.97 Å². The van der Waals surface area contributed by atoms with Gasteiger partial charge in [0.25, 0.3) is 0 Å². The van der Waals surface area contributed by atoms with Crippen molar-refractivity contribution in [1.29, 1.82) is 0 Å². The van der Waals surface area contributed by atoms with Crippen molar-refractivity contribution in [2.75, 3.05) is 30.4 Å². The van der Waals surface area contributed by atoms with Gasteiger partial charge < -0.3 is 20.4 Å². The standard InChI is InChI=1S/C38H48F2N6O9S2/c1-21(2)33-29(17-16-27(47)18-28(48)19-31(50)51)35(23-8-12-25(39)13-9-23)43-38(41-33)46(6)57(54,55)20-30(49)32-34(22(3)4)42-37(45(5)56(7,52)53)44-36(32)24-10-14-26(40)15-11-24/h8-17,21-22,27-28,30,32,34,47-49H,18-20H2,1-7H3,(H,50,51)/b17-16+/t27-,28-,30?,32?,34?/m1/s1. The van der Waals surface area contributed by atoms with Crippen molar-refractivity contribution in [1.82, 2.24) is 14.3 Å². The molecule has 310 valence electrons. The number of sulfonamides is 2. The van der Waals surface area contributed by atoms with Crippen LogP contribution in [0.3, 0.4) is 0 Å². The minimum atomic E-state index is -4.49. The summed E-state index contributed by atoms with van der Waals surface area (Å²) in [6.45, 7) is 7.10. The molecule has 5 atom stereocenters. The van der Waals surface area contributed by atoms with Crippen LogP contribution in [0.25, 0.3) is 17.3 Å². The summed E-state index contributed by atoms with van der Waals surface area (Å²) in [6.07, 6.45) is -1.43. The second-order valence-electron chi connectivity index (χ2n) is 14.5. The number of halogens is 2. The zero-order valence-electron chi connectivity index (χ0n) is 32.5. The molecule has 2 heterocycles. The van der Waals surface area contributed by atoms with E-state index in [1.54, 1.807) is 27.7 Å². The Bertz CT molecular complexity index is 2240. The van der Waals surface area contributed by atoms with E-state index >= 15 is 0 Å². The van der Waals surface area contributed by atoms with Crippen LogP contribution < -0.4 is 4.31 Å². The van der Waals surface area contributed by atoms with Crippen molar-refractivity contribution in [3.05, 3.63) is 83.1 Å². The normalized spacial score (nSPS) is 18.0. The first-order valence-corrected chi connectivity index (χ1v) is 21.4.